The number of carbonyl (C=O) groups excluding carboxylic acids is 2. The second kappa shape index (κ2) is 8.75. The van der Waals surface area contributed by atoms with Gasteiger partial charge in [-0.15, -0.1) is 0 Å². The lowest BCUT2D eigenvalue weighted by Gasteiger charge is -2.30. The quantitative estimate of drug-likeness (QED) is 0.807. The molecule has 2 bridgehead atoms. The number of nitrogens with one attached hydrogen (secondary N) is 1. The van der Waals surface area contributed by atoms with Crippen LogP contribution in [0.3, 0.4) is 0 Å². The molecule has 0 saturated carbocycles. The van der Waals surface area contributed by atoms with Crippen molar-refractivity contribution in [3.63, 3.8) is 0 Å². The van der Waals surface area contributed by atoms with Gasteiger partial charge in [0.1, 0.15) is 18.4 Å². The van der Waals surface area contributed by atoms with E-state index < -0.39 is 12.1 Å². The molecule has 1 aromatic carbocycles. The van der Waals surface area contributed by atoms with Gasteiger partial charge in [0, 0.05) is 36.3 Å². The molecule has 2 aliphatic heterocycles. The number of amides is 3. The molecule has 156 valence electrons. The smallest absolute Gasteiger partial charge is 0.338 e. The van der Waals surface area contributed by atoms with Gasteiger partial charge in [-0.2, -0.15) is 5.10 Å². The number of fused-ring (bicyclic) bond motifs is 2. The Balaban J connectivity index is 1.37. The van der Waals surface area contributed by atoms with Crippen LogP contribution < -0.4 is 5.32 Å². The first-order valence-electron chi connectivity index (χ1n) is 9.83. The molecule has 1 aliphatic carbocycles. The fraction of sp³-hybridized carbons (Fsp3) is 0.318. The van der Waals surface area contributed by atoms with E-state index in [1.54, 1.807) is 18.2 Å². The van der Waals surface area contributed by atoms with Crippen LogP contribution in [0, 0.1) is 5.92 Å². The summed E-state index contributed by atoms with van der Waals surface area (Å²) in [5, 5.41) is 9.04. The number of urea groups is 1. The van der Waals surface area contributed by atoms with Crippen LogP contribution in [0.15, 0.2) is 65.1 Å². The molecule has 0 aromatic heterocycles. The first-order chi connectivity index (χ1) is 14.5. The maximum atomic E-state index is 12.9. The first-order valence-corrected chi connectivity index (χ1v) is 10.2. The van der Waals surface area contributed by atoms with Crippen LogP contribution in [-0.4, -0.2) is 54.3 Å². The van der Waals surface area contributed by atoms with Crippen LogP contribution in [0.5, 0.6) is 0 Å². The van der Waals surface area contributed by atoms with E-state index >= 15 is 0 Å². The van der Waals surface area contributed by atoms with Crippen LogP contribution in [0.4, 0.5) is 4.79 Å². The Hall–Kier alpha value is -3.06. The lowest BCUT2D eigenvalue weighted by atomic mass is 10.0. The number of halogens is 1. The van der Waals surface area contributed by atoms with E-state index in [9.17, 15) is 9.59 Å². The summed E-state index contributed by atoms with van der Waals surface area (Å²) >= 11 is 6.05. The van der Waals surface area contributed by atoms with E-state index in [1.807, 2.05) is 48.6 Å². The highest BCUT2D eigenvalue weighted by atomic mass is 35.5. The Bertz CT molecular complexity index is 969. The molecule has 30 heavy (non-hydrogen) atoms. The molecular formula is C22H23ClN4O3. The Morgan fingerprint density at radius 3 is 3.00 bits per heavy atom. The van der Waals surface area contributed by atoms with Gasteiger partial charge in [-0.3, -0.25) is 4.79 Å². The summed E-state index contributed by atoms with van der Waals surface area (Å²) in [6.07, 6.45) is 10.5. The fourth-order valence-electron chi connectivity index (χ4n) is 3.63. The summed E-state index contributed by atoms with van der Waals surface area (Å²) in [4.78, 5) is 27.2. The van der Waals surface area contributed by atoms with Gasteiger partial charge in [0.2, 0.25) is 0 Å². The van der Waals surface area contributed by atoms with Gasteiger partial charge in [0.25, 0.3) is 5.91 Å². The van der Waals surface area contributed by atoms with Crippen molar-refractivity contribution < 1.29 is 14.3 Å². The molecule has 1 aromatic rings. The molecule has 0 radical (unpaired) electrons. The minimum absolute atomic E-state index is 0.0748. The standard InChI is InChI=1S/C22H23ClN4O3/c1-26-18-7-2-3-8-19(11-18)30-14-20(21(26)28)25-22(29)27-13-16(12-24-27)9-15-5-4-6-17(23)10-15/h2-8,10,12,16,20H,9,11,13-14H2,1H3,(H,25,29)/t16?,20-/m0/s1. The van der Waals surface area contributed by atoms with E-state index in [0.29, 0.717) is 18.0 Å². The van der Waals surface area contributed by atoms with Crippen LogP contribution in [0.2, 0.25) is 5.02 Å². The summed E-state index contributed by atoms with van der Waals surface area (Å²) in [6, 6.07) is 6.44. The Kier molecular flexibility index (Phi) is 5.90. The number of benzene rings is 1. The predicted molar refractivity (Wildman–Crippen MR) is 115 cm³/mol. The molecule has 1 unspecified atom stereocenters. The minimum Gasteiger partial charge on any atom is -0.495 e. The minimum atomic E-state index is -0.796. The van der Waals surface area contributed by atoms with Gasteiger partial charge in [0.15, 0.2) is 0 Å². The second-order valence-corrected chi connectivity index (χ2v) is 7.94. The van der Waals surface area contributed by atoms with Gasteiger partial charge < -0.3 is 15.0 Å². The van der Waals surface area contributed by atoms with Gasteiger partial charge in [-0.1, -0.05) is 35.9 Å². The molecule has 1 N–H and O–H groups in total. The molecule has 1 saturated heterocycles. The number of likely N-dealkylation sites (N-methyl/N-ethyl adjacent to an activating group) is 1. The lowest BCUT2D eigenvalue weighted by molar-refractivity contribution is -0.132. The number of hydrogen-bond donors (Lipinski definition) is 1. The van der Waals surface area contributed by atoms with Crippen molar-refractivity contribution in [1.29, 1.82) is 0 Å². The summed E-state index contributed by atoms with van der Waals surface area (Å²) in [7, 11) is 1.71. The molecule has 2 atom stereocenters. The topological polar surface area (TPSA) is 74.2 Å². The normalized spacial score (nSPS) is 23.2. The van der Waals surface area contributed by atoms with Crippen molar-refractivity contribution in [3.05, 3.63) is 70.6 Å². The van der Waals surface area contributed by atoms with E-state index in [4.69, 9.17) is 16.3 Å². The van der Waals surface area contributed by atoms with Crippen molar-refractivity contribution in [2.75, 3.05) is 20.2 Å². The molecule has 4 rings (SSSR count). The molecule has 2 heterocycles. The summed E-state index contributed by atoms with van der Waals surface area (Å²) in [6.45, 7) is 0.515. The average molecular weight is 427 g/mol. The highest BCUT2D eigenvalue weighted by Crippen LogP contribution is 2.23. The number of allylic oxidation sites excluding steroid dienone is 4. The summed E-state index contributed by atoms with van der Waals surface area (Å²) < 4.78 is 5.78. The zero-order valence-corrected chi connectivity index (χ0v) is 17.4. The Labute approximate surface area is 180 Å². The number of nitrogens with zero attached hydrogens (tertiary/aromatic N) is 3. The van der Waals surface area contributed by atoms with E-state index in [2.05, 4.69) is 10.4 Å². The van der Waals surface area contributed by atoms with Gasteiger partial charge >= 0.3 is 6.03 Å². The summed E-state index contributed by atoms with van der Waals surface area (Å²) in [5.41, 5.74) is 1.91. The SMILES string of the molecule is CN1C(=O)[C@@H](NC(=O)N2CC(Cc3cccc(Cl)c3)C=N2)COC2=CC=CC=C1C2. The molecule has 0 spiro atoms. The van der Waals surface area contributed by atoms with Crippen molar-refractivity contribution in [2.24, 2.45) is 11.0 Å². The van der Waals surface area contributed by atoms with Crippen LogP contribution in [0.1, 0.15) is 12.0 Å². The monoisotopic (exact) mass is 426 g/mol. The molecule has 8 heteroatoms. The maximum absolute atomic E-state index is 12.9. The highest BCUT2D eigenvalue weighted by molar-refractivity contribution is 6.30. The number of hydrazone groups is 1. The predicted octanol–water partition coefficient (Wildman–Crippen LogP) is 3.09. The summed E-state index contributed by atoms with van der Waals surface area (Å²) in [5.74, 6) is 0.627. The Morgan fingerprint density at radius 1 is 1.33 bits per heavy atom. The number of rotatable bonds is 3. The van der Waals surface area contributed by atoms with Crippen molar-refractivity contribution in [2.45, 2.75) is 18.9 Å². The van der Waals surface area contributed by atoms with Gasteiger partial charge in [-0.25, -0.2) is 9.80 Å². The van der Waals surface area contributed by atoms with Crippen molar-refractivity contribution in [1.82, 2.24) is 15.2 Å². The lowest BCUT2D eigenvalue weighted by Crippen LogP contribution is -2.53. The average Bonchev–Trinajstić information content (AvgIpc) is 3.05. The number of ether oxygens (including phenoxy) is 1. The second-order valence-electron chi connectivity index (χ2n) is 7.50. The number of hydrogen-bond acceptors (Lipinski definition) is 4. The molecule has 3 amide bonds. The van der Waals surface area contributed by atoms with Crippen LogP contribution >= 0.6 is 11.6 Å². The van der Waals surface area contributed by atoms with Crippen LogP contribution in [0.25, 0.3) is 0 Å². The molecule has 7 nitrogen and oxygen atoms in total. The van der Waals surface area contributed by atoms with Gasteiger partial charge in [0.05, 0.1) is 6.54 Å². The van der Waals surface area contributed by atoms with E-state index in [-0.39, 0.29) is 18.4 Å². The fourth-order valence-corrected chi connectivity index (χ4v) is 3.84. The number of carbonyl (C=O) groups is 2. The zero-order valence-electron chi connectivity index (χ0n) is 16.6. The zero-order chi connectivity index (χ0) is 21.1. The first kappa shape index (κ1) is 20.2. The third kappa shape index (κ3) is 4.57. The van der Waals surface area contributed by atoms with Crippen LogP contribution in [-0.2, 0) is 16.0 Å². The highest BCUT2D eigenvalue weighted by Gasteiger charge is 2.32. The maximum Gasteiger partial charge on any atom is 0.338 e. The molecule has 3 aliphatic rings. The third-order valence-electron chi connectivity index (χ3n) is 5.28. The largest absolute Gasteiger partial charge is 0.495 e. The Morgan fingerprint density at radius 2 is 2.17 bits per heavy atom. The van der Waals surface area contributed by atoms with E-state index in [0.717, 1.165) is 23.4 Å². The third-order valence-corrected chi connectivity index (χ3v) is 5.51. The van der Waals surface area contributed by atoms with Gasteiger partial charge in [-0.05, 0) is 36.3 Å². The van der Waals surface area contributed by atoms with E-state index in [1.165, 1.54) is 5.01 Å². The van der Waals surface area contributed by atoms with Crippen molar-refractivity contribution in [3.8, 4) is 0 Å². The van der Waals surface area contributed by atoms with Crippen molar-refractivity contribution >= 4 is 29.8 Å². The molecule has 1 fully saturated rings. The molecular weight excluding hydrogens is 404 g/mol.